The van der Waals surface area contributed by atoms with Gasteiger partial charge < -0.3 is 4.57 Å². The van der Waals surface area contributed by atoms with Gasteiger partial charge in [-0.3, -0.25) is 4.79 Å². The van der Waals surface area contributed by atoms with E-state index in [9.17, 15) is 22.4 Å². The summed E-state index contributed by atoms with van der Waals surface area (Å²) in [6.45, 7) is 0.405. The molecular formula is C19H14F4N4O. The molecule has 3 rings (SSSR count). The van der Waals surface area contributed by atoms with Crippen LogP contribution < -0.4 is 5.56 Å². The highest BCUT2D eigenvalue weighted by Crippen LogP contribution is 2.29. The Morgan fingerprint density at radius 1 is 1.14 bits per heavy atom. The first-order chi connectivity index (χ1) is 13.3. The van der Waals surface area contributed by atoms with Gasteiger partial charge in [-0.05, 0) is 36.4 Å². The minimum absolute atomic E-state index is 0.0904. The number of alkyl halides is 3. The molecule has 0 spiro atoms. The van der Waals surface area contributed by atoms with Gasteiger partial charge in [0, 0.05) is 31.6 Å². The van der Waals surface area contributed by atoms with Gasteiger partial charge in [0.15, 0.2) is 5.82 Å². The normalized spacial score (nSPS) is 11.5. The highest BCUT2D eigenvalue weighted by molar-refractivity contribution is 5.85. The number of hydrogen-bond donors (Lipinski definition) is 0. The third kappa shape index (κ3) is 4.01. The number of benzene rings is 1. The summed E-state index contributed by atoms with van der Waals surface area (Å²) in [5.74, 6) is -1.00. The van der Waals surface area contributed by atoms with Crippen molar-refractivity contribution < 1.29 is 17.6 Å². The van der Waals surface area contributed by atoms with Crippen molar-refractivity contribution in [2.45, 2.75) is 32.0 Å². The Bertz CT molecular complexity index is 1100. The van der Waals surface area contributed by atoms with Crippen LogP contribution in [0.2, 0.25) is 0 Å². The molecular weight excluding hydrogens is 376 g/mol. The van der Waals surface area contributed by atoms with Crippen LogP contribution in [-0.2, 0) is 12.7 Å². The molecule has 0 saturated carbocycles. The quantitative estimate of drug-likeness (QED) is 0.481. The second-order valence-corrected chi connectivity index (χ2v) is 6.14. The number of aromatic nitrogens is 3. The van der Waals surface area contributed by atoms with E-state index < -0.39 is 17.6 Å². The van der Waals surface area contributed by atoms with E-state index >= 15 is 0 Å². The smallest absolute Gasteiger partial charge is 0.315 e. The first-order valence-electron chi connectivity index (χ1n) is 8.40. The Morgan fingerprint density at radius 2 is 1.86 bits per heavy atom. The lowest BCUT2D eigenvalue weighted by atomic mass is 10.1. The van der Waals surface area contributed by atoms with Gasteiger partial charge in [-0.2, -0.15) is 18.4 Å². The zero-order valence-corrected chi connectivity index (χ0v) is 14.5. The molecule has 28 heavy (non-hydrogen) atoms. The molecule has 0 fully saturated rings. The van der Waals surface area contributed by atoms with E-state index in [1.807, 2.05) is 6.07 Å². The van der Waals surface area contributed by atoms with E-state index in [4.69, 9.17) is 5.26 Å². The maximum absolute atomic E-state index is 14.5. The molecule has 0 N–H and O–H groups in total. The molecule has 0 aliphatic rings. The molecule has 0 bridgehead atoms. The van der Waals surface area contributed by atoms with Crippen molar-refractivity contribution in [2.24, 2.45) is 0 Å². The molecule has 9 heteroatoms. The number of nitrogens with zero attached hydrogens (tertiary/aromatic N) is 4. The van der Waals surface area contributed by atoms with E-state index in [0.717, 1.165) is 6.07 Å². The molecule has 3 aromatic rings. The molecule has 0 aliphatic heterocycles. The van der Waals surface area contributed by atoms with Crippen LogP contribution in [0.1, 0.15) is 24.8 Å². The Labute approximate surface area is 156 Å². The van der Waals surface area contributed by atoms with Crippen molar-refractivity contribution in [2.75, 3.05) is 0 Å². The fourth-order valence-electron chi connectivity index (χ4n) is 2.75. The number of rotatable bonds is 5. The fourth-order valence-corrected chi connectivity index (χ4v) is 2.75. The van der Waals surface area contributed by atoms with Gasteiger partial charge in [0.25, 0.3) is 5.56 Å². The first-order valence-corrected chi connectivity index (χ1v) is 8.40. The Kier molecular flexibility index (Phi) is 5.40. The molecule has 0 radical (unpaired) electrons. The van der Waals surface area contributed by atoms with Crippen molar-refractivity contribution in [3.63, 3.8) is 0 Å². The van der Waals surface area contributed by atoms with E-state index in [2.05, 4.69) is 9.97 Å². The standard InChI is InChI=1S/C19H14F4N4O/c20-16-9-14-12(4-7-27(18(14)28)6-3-1-2-5-24)8-15(16)17-25-10-13(11-26-17)19(21,22)23/h4,7-11H,1-3,6H2. The number of unbranched alkanes of at least 4 members (excludes halogenated alkanes) is 2. The number of nitriles is 1. The number of fused-ring (bicyclic) bond motifs is 1. The van der Waals surface area contributed by atoms with Crippen LogP contribution in [0.5, 0.6) is 0 Å². The van der Waals surface area contributed by atoms with E-state index in [1.165, 1.54) is 10.6 Å². The lowest BCUT2D eigenvalue weighted by Gasteiger charge is -2.09. The van der Waals surface area contributed by atoms with Crippen molar-refractivity contribution in [1.82, 2.24) is 14.5 Å². The zero-order chi connectivity index (χ0) is 20.3. The number of pyridine rings is 1. The fraction of sp³-hybridized carbons (Fsp3) is 0.263. The molecule has 0 atom stereocenters. The highest BCUT2D eigenvalue weighted by Gasteiger charge is 2.31. The van der Waals surface area contributed by atoms with Crippen LogP contribution >= 0.6 is 0 Å². The Hall–Kier alpha value is -3.28. The Balaban J connectivity index is 1.95. The topological polar surface area (TPSA) is 71.6 Å². The van der Waals surface area contributed by atoms with E-state index in [1.54, 1.807) is 12.3 Å². The third-order valence-electron chi connectivity index (χ3n) is 4.22. The zero-order valence-electron chi connectivity index (χ0n) is 14.5. The number of hydrogen-bond acceptors (Lipinski definition) is 4. The molecule has 0 amide bonds. The van der Waals surface area contributed by atoms with Gasteiger partial charge in [-0.1, -0.05) is 0 Å². The molecule has 0 saturated heterocycles. The lowest BCUT2D eigenvalue weighted by Crippen LogP contribution is -2.19. The minimum Gasteiger partial charge on any atom is -0.315 e. The third-order valence-corrected chi connectivity index (χ3v) is 4.22. The summed E-state index contributed by atoms with van der Waals surface area (Å²) in [6.07, 6.45) is -0.159. The predicted octanol–water partition coefficient (Wildman–Crippen LogP) is 4.31. The summed E-state index contributed by atoms with van der Waals surface area (Å²) in [6, 6.07) is 6.03. The Morgan fingerprint density at radius 3 is 2.50 bits per heavy atom. The van der Waals surface area contributed by atoms with E-state index in [-0.39, 0.29) is 22.3 Å². The van der Waals surface area contributed by atoms with Gasteiger partial charge in [-0.25, -0.2) is 14.4 Å². The second-order valence-electron chi connectivity index (χ2n) is 6.14. The van der Waals surface area contributed by atoms with Crippen LogP contribution in [0.4, 0.5) is 17.6 Å². The SMILES string of the molecule is N#CCCCCn1ccc2cc(-c3ncc(C(F)(F)F)cn3)c(F)cc2c1=O. The predicted molar refractivity (Wildman–Crippen MR) is 93.7 cm³/mol. The first kappa shape index (κ1) is 19.5. The summed E-state index contributed by atoms with van der Waals surface area (Å²) in [7, 11) is 0. The molecule has 2 aromatic heterocycles. The molecule has 2 heterocycles. The van der Waals surface area contributed by atoms with Gasteiger partial charge >= 0.3 is 6.18 Å². The number of aryl methyl sites for hydroxylation is 1. The van der Waals surface area contributed by atoms with Crippen LogP contribution in [0.3, 0.4) is 0 Å². The number of halogens is 4. The van der Waals surface area contributed by atoms with Crippen molar-refractivity contribution >= 4 is 10.8 Å². The van der Waals surface area contributed by atoms with Crippen LogP contribution in [0.15, 0.2) is 41.6 Å². The molecule has 144 valence electrons. The van der Waals surface area contributed by atoms with Gasteiger partial charge in [-0.15, -0.1) is 0 Å². The van der Waals surface area contributed by atoms with Gasteiger partial charge in [0.1, 0.15) is 5.82 Å². The largest absolute Gasteiger partial charge is 0.419 e. The van der Waals surface area contributed by atoms with Crippen molar-refractivity contribution in [3.05, 3.63) is 58.5 Å². The van der Waals surface area contributed by atoms with Gasteiger partial charge in [0.2, 0.25) is 0 Å². The summed E-state index contributed by atoms with van der Waals surface area (Å²) in [5.41, 5.74) is -1.50. The summed E-state index contributed by atoms with van der Waals surface area (Å²) in [4.78, 5) is 19.7. The average Bonchev–Trinajstić information content (AvgIpc) is 2.66. The molecule has 5 nitrogen and oxygen atoms in total. The summed E-state index contributed by atoms with van der Waals surface area (Å²) >= 11 is 0. The maximum atomic E-state index is 14.5. The maximum Gasteiger partial charge on any atom is 0.419 e. The van der Waals surface area contributed by atoms with Gasteiger partial charge in [0.05, 0.1) is 22.6 Å². The highest BCUT2D eigenvalue weighted by atomic mass is 19.4. The molecule has 1 aromatic carbocycles. The van der Waals surface area contributed by atoms with Crippen LogP contribution in [0, 0.1) is 17.1 Å². The van der Waals surface area contributed by atoms with Crippen molar-refractivity contribution in [3.8, 4) is 17.5 Å². The minimum atomic E-state index is -4.58. The average molecular weight is 390 g/mol. The molecule has 0 unspecified atom stereocenters. The summed E-state index contributed by atoms with van der Waals surface area (Å²) in [5, 5.41) is 9.12. The lowest BCUT2D eigenvalue weighted by molar-refractivity contribution is -0.138. The van der Waals surface area contributed by atoms with Crippen molar-refractivity contribution in [1.29, 1.82) is 5.26 Å². The monoisotopic (exact) mass is 390 g/mol. The van der Waals surface area contributed by atoms with Crippen LogP contribution in [-0.4, -0.2) is 14.5 Å². The summed E-state index contributed by atoms with van der Waals surface area (Å²) < 4.78 is 53.8. The van der Waals surface area contributed by atoms with E-state index in [0.29, 0.717) is 43.6 Å². The second kappa shape index (κ2) is 7.76. The van der Waals surface area contributed by atoms with Crippen LogP contribution in [0.25, 0.3) is 22.2 Å². The molecule has 0 aliphatic carbocycles.